The average molecular weight is 551 g/mol. The predicted octanol–water partition coefficient (Wildman–Crippen LogP) is 6.44. The van der Waals surface area contributed by atoms with Crippen LogP contribution in [0, 0.1) is 34.5 Å². The SMILES string of the molecule is C[C@]12CC[C@@H](O[Si](c3ccccc3)(c3ccccc3)c3ccccc3)C[C@@H]1CC[C@@H]1[C@@H]2CC[C@]2(C)[C@@H](O)CC[C@@H]12. The molecule has 7 rings (SSSR count). The highest BCUT2D eigenvalue weighted by Crippen LogP contribution is 2.66. The molecule has 0 aliphatic heterocycles. The molecule has 4 aliphatic carbocycles. The zero-order valence-electron chi connectivity index (χ0n) is 24.3. The van der Waals surface area contributed by atoms with Crippen LogP contribution in [0.15, 0.2) is 91.0 Å². The summed E-state index contributed by atoms with van der Waals surface area (Å²) in [5, 5.41) is 14.9. The number of aliphatic hydroxyl groups excluding tert-OH is 1. The molecule has 4 aliphatic rings. The van der Waals surface area contributed by atoms with Crippen LogP contribution in [-0.2, 0) is 4.43 Å². The summed E-state index contributed by atoms with van der Waals surface area (Å²) in [6.07, 6.45) is 11.3. The van der Waals surface area contributed by atoms with Gasteiger partial charge in [0.1, 0.15) is 0 Å². The Balaban J connectivity index is 1.21. The maximum Gasteiger partial charge on any atom is 0.288 e. The van der Waals surface area contributed by atoms with Gasteiger partial charge >= 0.3 is 0 Å². The van der Waals surface area contributed by atoms with E-state index in [0.717, 1.165) is 36.5 Å². The molecular formula is C37H46O2Si. The third kappa shape index (κ3) is 4.10. The van der Waals surface area contributed by atoms with Gasteiger partial charge in [0.15, 0.2) is 0 Å². The highest BCUT2D eigenvalue weighted by molar-refractivity contribution is 7.07. The van der Waals surface area contributed by atoms with Gasteiger partial charge in [-0.2, -0.15) is 0 Å². The average Bonchev–Trinajstić information content (AvgIpc) is 3.31. The lowest BCUT2D eigenvalue weighted by Crippen LogP contribution is -2.70. The summed E-state index contributed by atoms with van der Waals surface area (Å²) in [5.74, 6) is 3.08. The second kappa shape index (κ2) is 10.3. The van der Waals surface area contributed by atoms with Crippen molar-refractivity contribution in [2.45, 2.75) is 83.8 Å². The fourth-order valence-electron chi connectivity index (χ4n) is 10.3. The molecule has 8 atom stereocenters. The number of fused-ring (bicyclic) bond motifs is 5. The van der Waals surface area contributed by atoms with E-state index in [1.54, 1.807) is 0 Å². The minimum atomic E-state index is -2.69. The summed E-state index contributed by atoms with van der Waals surface area (Å²) in [7, 11) is -2.69. The van der Waals surface area contributed by atoms with Gasteiger partial charge in [-0.1, -0.05) is 105 Å². The Morgan fingerprint density at radius 3 is 1.73 bits per heavy atom. The van der Waals surface area contributed by atoms with E-state index in [0.29, 0.717) is 5.41 Å². The second-order valence-corrected chi connectivity index (χ2v) is 17.4. The van der Waals surface area contributed by atoms with Crippen LogP contribution in [0.4, 0.5) is 0 Å². The molecule has 0 heterocycles. The lowest BCUT2D eigenvalue weighted by Gasteiger charge is -2.61. The largest absolute Gasteiger partial charge is 0.401 e. The third-order valence-electron chi connectivity index (χ3n) is 12.5. The predicted molar refractivity (Wildman–Crippen MR) is 167 cm³/mol. The number of benzene rings is 3. The van der Waals surface area contributed by atoms with Crippen LogP contribution in [0.25, 0.3) is 0 Å². The van der Waals surface area contributed by atoms with Gasteiger partial charge in [-0.3, -0.25) is 0 Å². The molecule has 0 unspecified atom stereocenters. The summed E-state index contributed by atoms with van der Waals surface area (Å²) in [4.78, 5) is 0. The van der Waals surface area contributed by atoms with Crippen molar-refractivity contribution in [3.05, 3.63) is 91.0 Å². The Hall–Kier alpha value is -2.20. The molecule has 0 spiro atoms. The van der Waals surface area contributed by atoms with Crippen molar-refractivity contribution in [2.24, 2.45) is 34.5 Å². The van der Waals surface area contributed by atoms with E-state index in [9.17, 15) is 5.11 Å². The zero-order chi connectivity index (χ0) is 27.4. The standard InChI is InChI=1S/C37H46O2Si/c1-36-24-22-28(26-27(36)18-19-32-33-20-21-35(38)37(33,2)25-23-34(32)36)39-40(29-12-6-3-7-13-29,30-14-8-4-9-15-30)31-16-10-5-11-17-31/h3-17,27-28,32-35,38H,18-26H2,1-2H3/t27-,28+,32-,33-,34-,35-,36-,37-/m0/s1. The van der Waals surface area contributed by atoms with Crippen molar-refractivity contribution >= 4 is 23.9 Å². The first-order valence-corrected chi connectivity index (χ1v) is 17.9. The summed E-state index contributed by atoms with van der Waals surface area (Å²) in [6.45, 7) is 5.06. The number of rotatable bonds is 5. The lowest BCUT2D eigenvalue weighted by atomic mass is 9.45. The number of hydrogen-bond donors (Lipinski definition) is 1. The highest BCUT2D eigenvalue weighted by atomic mass is 28.4. The van der Waals surface area contributed by atoms with Gasteiger partial charge in [0.25, 0.3) is 8.32 Å². The van der Waals surface area contributed by atoms with Gasteiger partial charge in [-0.15, -0.1) is 0 Å². The molecular weight excluding hydrogens is 504 g/mol. The molecule has 0 amide bonds. The Morgan fingerprint density at radius 1 is 0.625 bits per heavy atom. The fourth-order valence-corrected chi connectivity index (χ4v) is 14.4. The normalized spacial score (nSPS) is 37.3. The Morgan fingerprint density at radius 2 is 1.15 bits per heavy atom. The summed E-state index contributed by atoms with van der Waals surface area (Å²) in [6, 6.07) is 33.3. The monoisotopic (exact) mass is 550 g/mol. The van der Waals surface area contributed by atoms with E-state index < -0.39 is 8.32 Å². The maximum atomic E-state index is 10.9. The van der Waals surface area contributed by atoms with Crippen LogP contribution in [0.3, 0.4) is 0 Å². The van der Waals surface area contributed by atoms with E-state index >= 15 is 0 Å². The van der Waals surface area contributed by atoms with Crippen molar-refractivity contribution in [1.29, 1.82) is 0 Å². The molecule has 40 heavy (non-hydrogen) atoms. The lowest BCUT2D eigenvalue weighted by molar-refractivity contribution is -0.131. The summed E-state index contributed by atoms with van der Waals surface area (Å²) >= 11 is 0. The van der Waals surface area contributed by atoms with Gasteiger partial charge in [-0.05, 0) is 108 Å². The van der Waals surface area contributed by atoms with Gasteiger partial charge in [0.05, 0.1) is 6.10 Å². The maximum absolute atomic E-state index is 10.9. The Labute approximate surface area is 242 Å². The highest BCUT2D eigenvalue weighted by Gasteiger charge is 2.60. The smallest absolute Gasteiger partial charge is 0.288 e. The first kappa shape index (κ1) is 26.7. The first-order valence-electron chi connectivity index (χ1n) is 16.0. The molecule has 0 radical (unpaired) electrons. The van der Waals surface area contributed by atoms with Crippen molar-refractivity contribution in [3.8, 4) is 0 Å². The molecule has 3 heteroatoms. The molecule has 3 aromatic rings. The Kier molecular flexibility index (Phi) is 6.84. The van der Waals surface area contributed by atoms with Crippen molar-refractivity contribution in [1.82, 2.24) is 0 Å². The second-order valence-electron chi connectivity index (χ2n) is 14.1. The van der Waals surface area contributed by atoms with Crippen molar-refractivity contribution in [3.63, 3.8) is 0 Å². The molecule has 4 saturated carbocycles. The third-order valence-corrected chi connectivity index (χ3v) is 16.6. The fraction of sp³-hybridized carbons (Fsp3) is 0.514. The minimum absolute atomic E-state index is 0.0832. The van der Waals surface area contributed by atoms with Gasteiger partial charge < -0.3 is 9.53 Å². The topological polar surface area (TPSA) is 29.5 Å². The van der Waals surface area contributed by atoms with Crippen LogP contribution in [0.2, 0.25) is 0 Å². The molecule has 4 fully saturated rings. The summed E-state index contributed by atoms with van der Waals surface area (Å²) in [5.41, 5.74) is 0.574. The van der Waals surface area contributed by atoms with Crippen molar-refractivity contribution < 1.29 is 9.53 Å². The summed E-state index contributed by atoms with van der Waals surface area (Å²) < 4.78 is 7.67. The molecule has 0 bridgehead atoms. The molecule has 0 aromatic heterocycles. The van der Waals surface area contributed by atoms with Crippen LogP contribution in [-0.4, -0.2) is 25.6 Å². The molecule has 1 N–H and O–H groups in total. The van der Waals surface area contributed by atoms with Crippen LogP contribution < -0.4 is 15.6 Å². The first-order chi connectivity index (χ1) is 19.4. The van der Waals surface area contributed by atoms with Crippen LogP contribution in [0.1, 0.15) is 71.6 Å². The van der Waals surface area contributed by atoms with E-state index in [-0.39, 0.29) is 17.6 Å². The van der Waals surface area contributed by atoms with E-state index in [4.69, 9.17) is 4.43 Å². The number of aliphatic hydroxyl groups is 1. The van der Waals surface area contributed by atoms with Crippen molar-refractivity contribution in [2.75, 3.05) is 0 Å². The van der Waals surface area contributed by atoms with E-state index in [1.165, 1.54) is 60.5 Å². The molecule has 210 valence electrons. The number of hydrogen-bond acceptors (Lipinski definition) is 2. The van der Waals surface area contributed by atoms with E-state index in [2.05, 4.69) is 105 Å². The molecule has 0 saturated heterocycles. The van der Waals surface area contributed by atoms with Gasteiger partial charge in [0, 0.05) is 6.10 Å². The minimum Gasteiger partial charge on any atom is -0.401 e. The van der Waals surface area contributed by atoms with Crippen LogP contribution >= 0.6 is 0 Å². The van der Waals surface area contributed by atoms with Gasteiger partial charge in [0.2, 0.25) is 0 Å². The molecule has 3 aromatic carbocycles. The quantitative estimate of drug-likeness (QED) is 0.293. The van der Waals surface area contributed by atoms with Crippen LogP contribution in [0.5, 0.6) is 0 Å². The van der Waals surface area contributed by atoms with Gasteiger partial charge in [-0.25, -0.2) is 0 Å². The van der Waals surface area contributed by atoms with E-state index in [1.807, 2.05) is 0 Å². The zero-order valence-corrected chi connectivity index (χ0v) is 25.3. The Bertz CT molecular complexity index is 1200. The molecule has 2 nitrogen and oxygen atoms in total.